The molecule has 2 aromatic rings. The van der Waals surface area contributed by atoms with Crippen LogP contribution in [0.1, 0.15) is 28.9 Å². The van der Waals surface area contributed by atoms with E-state index in [9.17, 15) is 4.79 Å². The van der Waals surface area contributed by atoms with Gasteiger partial charge in [0.25, 0.3) is 5.91 Å². The zero-order valence-electron chi connectivity index (χ0n) is 14.0. The predicted octanol–water partition coefficient (Wildman–Crippen LogP) is 3.68. The lowest BCUT2D eigenvalue weighted by molar-refractivity contribution is 0.0828. The topological polar surface area (TPSA) is 23.6 Å². The second-order valence-electron chi connectivity index (χ2n) is 6.01. The van der Waals surface area contributed by atoms with Gasteiger partial charge in [0.1, 0.15) is 0 Å². The molecule has 0 fully saturated rings. The highest BCUT2D eigenvalue weighted by molar-refractivity contribution is 6.00. The first-order valence-electron chi connectivity index (χ1n) is 7.49. The smallest absolute Gasteiger partial charge is 0.253 e. The fourth-order valence-corrected chi connectivity index (χ4v) is 2.40. The maximum atomic E-state index is 12.3. The van der Waals surface area contributed by atoms with E-state index in [0.717, 1.165) is 16.7 Å². The molecule has 0 saturated carbocycles. The number of nitrogens with zero attached hydrogens (tertiary/aromatic N) is 2. The minimum atomic E-state index is 0.0290. The molecular formula is C19H24N2O. The van der Waals surface area contributed by atoms with Gasteiger partial charge in [0.15, 0.2) is 0 Å². The average molecular weight is 296 g/mol. The van der Waals surface area contributed by atoms with Crippen molar-refractivity contribution >= 4 is 5.91 Å². The molecule has 22 heavy (non-hydrogen) atoms. The summed E-state index contributed by atoms with van der Waals surface area (Å²) < 4.78 is 0. The Morgan fingerprint density at radius 3 is 2.05 bits per heavy atom. The molecule has 0 aliphatic carbocycles. The van der Waals surface area contributed by atoms with Gasteiger partial charge in [-0.2, -0.15) is 0 Å². The zero-order valence-corrected chi connectivity index (χ0v) is 14.0. The summed E-state index contributed by atoms with van der Waals surface area (Å²) >= 11 is 0. The Labute approximate surface area is 133 Å². The molecule has 1 unspecified atom stereocenters. The molecule has 2 aromatic carbocycles. The fourth-order valence-electron chi connectivity index (χ4n) is 2.40. The summed E-state index contributed by atoms with van der Waals surface area (Å²) in [5, 5.41) is 0. The molecule has 0 N–H and O–H groups in total. The first kappa shape index (κ1) is 16.2. The standard InChI is InChI=1S/C19H24N2O/c1-14(20(2)3)15-10-12-16(13-11-15)17-8-6-7-9-18(17)19(22)21(4)5/h6-14H,1-5H3. The fraction of sp³-hybridized carbons (Fsp3) is 0.316. The Kier molecular flexibility index (Phi) is 4.99. The number of hydrogen-bond donors (Lipinski definition) is 0. The maximum absolute atomic E-state index is 12.3. The van der Waals surface area contributed by atoms with Gasteiger partial charge in [0.2, 0.25) is 0 Å². The summed E-state index contributed by atoms with van der Waals surface area (Å²) in [5.74, 6) is 0.0290. The molecule has 1 amide bonds. The zero-order chi connectivity index (χ0) is 16.3. The summed E-state index contributed by atoms with van der Waals surface area (Å²) in [6, 6.07) is 16.6. The number of carbonyl (C=O) groups excluding carboxylic acids is 1. The molecular weight excluding hydrogens is 272 g/mol. The number of amides is 1. The van der Waals surface area contributed by atoms with Crippen LogP contribution in [0.4, 0.5) is 0 Å². The molecule has 0 aliphatic rings. The van der Waals surface area contributed by atoms with E-state index in [1.54, 1.807) is 19.0 Å². The van der Waals surface area contributed by atoms with Gasteiger partial charge >= 0.3 is 0 Å². The monoisotopic (exact) mass is 296 g/mol. The summed E-state index contributed by atoms with van der Waals surface area (Å²) in [7, 11) is 7.70. The highest BCUT2D eigenvalue weighted by Gasteiger charge is 2.14. The van der Waals surface area contributed by atoms with Crippen LogP contribution in [0.5, 0.6) is 0 Å². The van der Waals surface area contributed by atoms with Gasteiger partial charge in [0.05, 0.1) is 0 Å². The lowest BCUT2D eigenvalue weighted by Crippen LogP contribution is -2.22. The summed E-state index contributed by atoms with van der Waals surface area (Å²) in [6.45, 7) is 2.18. The molecule has 3 nitrogen and oxygen atoms in total. The Hall–Kier alpha value is -2.13. The molecule has 0 heterocycles. The average Bonchev–Trinajstić information content (AvgIpc) is 2.53. The number of hydrogen-bond acceptors (Lipinski definition) is 2. The third-order valence-electron chi connectivity index (χ3n) is 4.04. The Bertz CT molecular complexity index is 645. The molecule has 0 radical (unpaired) electrons. The van der Waals surface area contributed by atoms with E-state index in [4.69, 9.17) is 0 Å². The third-order valence-corrected chi connectivity index (χ3v) is 4.04. The van der Waals surface area contributed by atoms with Crippen molar-refractivity contribution in [1.82, 2.24) is 9.80 Å². The van der Waals surface area contributed by atoms with E-state index in [2.05, 4.69) is 50.2 Å². The van der Waals surface area contributed by atoms with Gasteiger partial charge in [-0.05, 0) is 43.8 Å². The quantitative estimate of drug-likeness (QED) is 0.859. The molecule has 0 aromatic heterocycles. The van der Waals surface area contributed by atoms with Crippen molar-refractivity contribution in [2.45, 2.75) is 13.0 Å². The predicted molar refractivity (Wildman–Crippen MR) is 92.0 cm³/mol. The summed E-state index contributed by atoms with van der Waals surface area (Å²) in [5.41, 5.74) is 4.05. The van der Waals surface area contributed by atoms with E-state index in [1.165, 1.54) is 5.56 Å². The van der Waals surface area contributed by atoms with Gasteiger partial charge in [-0.25, -0.2) is 0 Å². The molecule has 0 spiro atoms. The van der Waals surface area contributed by atoms with Gasteiger partial charge in [-0.1, -0.05) is 42.5 Å². The van der Waals surface area contributed by atoms with Crippen LogP contribution in [0.3, 0.4) is 0 Å². The molecule has 0 aliphatic heterocycles. The Balaban J connectivity index is 2.39. The maximum Gasteiger partial charge on any atom is 0.253 e. The highest BCUT2D eigenvalue weighted by Crippen LogP contribution is 2.27. The highest BCUT2D eigenvalue weighted by atomic mass is 16.2. The van der Waals surface area contributed by atoms with E-state index in [-0.39, 0.29) is 5.91 Å². The van der Waals surface area contributed by atoms with Gasteiger partial charge in [-0.15, -0.1) is 0 Å². The van der Waals surface area contributed by atoms with Crippen molar-refractivity contribution in [2.24, 2.45) is 0 Å². The van der Waals surface area contributed by atoms with Crippen molar-refractivity contribution in [3.63, 3.8) is 0 Å². The van der Waals surface area contributed by atoms with E-state index in [0.29, 0.717) is 6.04 Å². The van der Waals surface area contributed by atoms with E-state index >= 15 is 0 Å². The number of benzene rings is 2. The molecule has 1 atom stereocenters. The van der Waals surface area contributed by atoms with Gasteiger partial charge < -0.3 is 9.80 Å². The molecule has 2 rings (SSSR count). The van der Waals surface area contributed by atoms with Gasteiger partial charge in [0, 0.05) is 25.7 Å². The minimum absolute atomic E-state index is 0.0290. The SMILES string of the molecule is CC(c1ccc(-c2ccccc2C(=O)N(C)C)cc1)N(C)C. The summed E-state index contributed by atoms with van der Waals surface area (Å²) in [4.78, 5) is 16.1. The van der Waals surface area contributed by atoms with Crippen LogP contribution in [0.15, 0.2) is 48.5 Å². The van der Waals surface area contributed by atoms with Crippen LogP contribution in [0.2, 0.25) is 0 Å². The lowest BCUT2D eigenvalue weighted by Gasteiger charge is -2.20. The van der Waals surface area contributed by atoms with E-state index < -0.39 is 0 Å². The van der Waals surface area contributed by atoms with Crippen LogP contribution in [-0.2, 0) is 0 Å². The molecule has 0 bridgehead atoms. The van der Waals surface area contributed by atoms with Crippen molar-refractivity contribution < 1.29 is 4.79 Å². The van der Waals surface area contributed by atoms with Crippen molar-refractivity contribution in [1.29, 1.82) is 0 Å². The molecule has 3 heteroatoms. The first-order valence-corrected chi connectivity index (χ1v) is 7.49. The van der Waals surface area contributed by atoms with Crippen LogP contribution in [0.25, 0.3) is 11.1 Å². The second kappa shape index (κ2) is 6.75. The first-order chi connectivity index (χ1) is 10.4. The van der Waals surface area contributed by atoms with Crippen LogP contribution < -0.4 is 0 Å². The van der Waals surface area contributed by atoms with Crippen molar-refractivity contribution in [3.05, 3.63) is 59.7 Å². The van der Waals surface area contributed by atoms with Crippen LogP contribution >= 0.6 is 0 Å². The number of rotatable bonds is 4. The Morgan fingerprint density at radius 2 is 1.50 bits per heavy atom. The third kappa shape index (κ3) is 3.37. The molecule has 0 saturated heterocycles. The molecule has 116 valence electrons. The van der Waals surface area contributed by atoms with Crippen LogP contribution in [0, 0.1) is 0 Å². The normalized spacial score (nSPS) is 12.3. The summed E-state index contributed by atoms with van der Waals surface area (Å²) in [6.07, 6.45) is 0. The van der Waals surface area contributed by atoms with E-state index in [1.807, 2.05) is 24.3 Å². The Morgan fingerprint density at radius 1 is 0.909 bits per heavy atom. The van der Waals surface area contributed by atoms with Crippen molar-refractivity contribution in [3.8, 4) is 11.1 Å². The van der Waals surface area contributed by atoms with Gasteiger partial charge in [-0.3, -0.25) is 4.79 Å². The lowest BCUT2D eigenvalue weighted by atomic mass is 9.96. The number of carbonyl (C=O) groups is 1. The second-order valence-corrected chi connectivity index (χ2v) is 6.01. The largest absolute Gasteiger partial charge is 0.345 e. The van der Waals surface area contributed by atoms with Crippen LogP contribution in [-0.4, -0.2) is 43.9 Å². The minimum Gasteiger partial charge on any atom is -0.345 e. The van der Waals surface area contributed by atoms with Crippen molar-refractivity contribution in [2.75, 3.05) is 28.2 Å².